The van der Waals surface area contributed by atoms with Crippen molar-refractivity contribution in [3.8, 4) is 11.3 Å². The fourth-order valence-electron chi connectivity index (χ4n) is 4.94. The van der Waals surface area contributed by atoms with E-state index in [0.29, 0.717) is 6.54 Å². The first-order valence-electron chi connectivity index (χ1n) is 12.2. The lowest BCUT2D eigenvalue weighted by Gasteiger charge is -2.35. The average molecular weight is 475 g/mol. The summed E-state index contributed by atoms with van der Waals surface area (Å²) in [6.07, 6.45) is 3.64. The van der Waals surface area contributed by atoms with Gasteiger partial charge >= 0.3 is 0 Å². The summed E-state index contributed by atoms with van der Waals surface area (Å²) in [6, 6.07) is 4.11. The SMILES string of the molecule is Cc1c(-c2[nH]c3ccc(N4CCN(CCN(C)C)C(=O)C4)nc3c2C(C)C)cn2ncnc2c1C. The maximum Gasteiger partial charge on any atom is 0.242 e. The number of aromatic amines is 1. The van der Waals surface area contributed by atoms with Gasteiger partial charge in [-0.1, -0.05) is 13.8 Å². The second-order valence-electron chi connectivity index (χ2n) is 10.1. The molecule has 9 heteroatoms. The van der Waals surface area contributed by atoms with Crippen LogP contribution in [0.15, 0.2) is 24.7 Å². The van der Waals surface area contributed by atoms with E-state index in [0.717, 1.165) is 65.5 Å². The van der Waals surface area contributed by atoms with Crippen LogP contribution in [0, 0.1) is 13.8 Å². The molecule has 184 valence electrons. The Morgan fingerprint density at radius 1 is 1.14 bits per heavy atom. The number of carbonyl (C=O) groups is 1. The number of aryl methyl sites for hydroxylation is 1. The van der Waals surface area contributed by atoms with Crippen LogP contribution in [0.25, 0.3) is 27.9 Å². The first kappa shape index (κ1) is 23.3. The molecule has 4 aromatic rings. The van der Waals surface area contributed by atoms with Gasteiger partial charge in [-0.25, -0.2) is 14.5 Å². The van der Waals surface area contributed by atoms with E-state index < -0.39 is 0 Å². The molecule has 0 aliphatic carbocycles. The smallest absolute Gasteiger partial charge is 0.242 e. The van der Waals surface area contributed by atoms with Gasteiger partial charge in [-0.3, -0.25) is 4.79 Å². The van der Waals surface area contributed by atoms with Gasteiger partial charge in [0.15, 0.2) is 5.65 Å². The molecule has 1 amide bonds. The molecule has 0 atom stereocenters. The summed E-state index contributed by atoms with van der Waals surface area (Å²) >= 11 is 0. The number of amides is 1. The highest BCUT2D eigenvalue weighted by molar-refractivity contribution is 5.91. The van der Waals surface area contributed by atoms with E-state index in [9.17, 15) is 4.79 Å². The molecule has 5 heterocycles. The molecule has 0 unspecified atom stereocenters. The standard InChI is InChI=1S/C26H34N8O/c1-16(2)23-24(19-13-34-26(27-15-28-34)18(4)17(19)3)29-20-7-8-21(30-25(20)23)33-12-11-32(22(35)14-33)10-9-31(5)6/h7-8,13,15-16,29H,9-12,14H2,1-6H3. The second kappa shape index (κ2) is 8.96. The zero-order chi connectivity index (χ0) is 24.9. The van der Waals surface area contributed by atoms with Crippen LogP contribution < -0.4 is 4.90 Å². The highest BCUT2D eigenvalue weighted by Gasteiger charge is 2.26. The van der Waals surface area contributed by atoms with Crippen LogP contribution in [0.2, 0.25) is 0 Å². The Kier molecular flexibility index (Phi) is 5.96. The van der Waals surface area contributed by atoms with Crippen molar-refractivity contribution in [2.45, 2.75) is 33.6 Å². The van der Waals surface area contributed by atoms with E-state index in [2.05, 4.69) is 58.6 Å². The van der Waals surface area contributed by atoms with Gasteiger partial charge in [0.25, 0.3) is 0 Å². The molecule has 0 aromatic carbocycles. The number of piperazine rings is 1. The largest absolute Gasteiger partial charge is 0.353 e. The van der Waals surface area contributed by atoms with Crippen molar-refractivity contribution < 1.29 is 4.79 Å². The lowest BCUT2D eigenvalue weighted by atomic mass is 9.95. The van der Waals surface area contributed by atoms with E-state index in [1.165, 1.54) is 11.1 Å². The van der Waals surface area contributed by atoms with Gasteiger partial charge in [-0.05, 0) is 57.1 Å². The highest BCUT2D eigenvalue weighted by Crippen LogP contribution is 2.38. The number of fused-ring (bicyclic) bond motifs is 2. The first-order valence-corrected chi connectivity index (χ1v) is 12.2. The van der Waals surface area contributed by atoms with Gasteiger partial charge in [0.1, 0.15) is 12.1 Å². The van der Waals surface area contributed by atoms with Crippen LogP contribution in [-0.2, 0) is 4.79 Å². The van der Waals surface area contributed by atoms with Crippen molar-refractivity contribution in [3.63, 3.8) is 0 Å². The van der Waals surface area contributed by atoms with Crippen LogP contribution in [-0.4, -0.2) is 87.1 Å². The van der Waals surface area contributed by atoms with E-state index in [-0.39, 0.29) is 11.8 Å². The minimum absolute atomic E-state index is 0.158. The van der Waals surface area contributed by atoms with Gasteiger partial charge in [0.2, 0.25) is 5.91 Å². The van der Waals surface area contributed by atoms with Crippen molar-refractivity contribution in [2.24, 2.45) is 0 Å². The molecule has 0 bridgehead atoms. The van der Waals surface area contributed by atoms with Crippen LogP contribution in [0.4, 0.5) is 5.82 Å². The first-order chi connectivity index (χ1) is 16.7. The fraction of sp³-hybridized carbons (Fsp3) is 0.462. The third-order valence-electron chi connectivity index (χ3n) is 7.10. The molecule has 1 aliphatic rings. The lowest BCUT2D eigenvalue weighted by molar-refractivity contribution is -0.131. The summed E-state index contributed by atoms with van der Waals surface area (Å²) in [4.78, 5) is 32.1. The lowest BCUT2D eigenvalue weighted by Crippen LogP contribution is -2.52. The number of pyridine rings is 2. The monoisotopic (exact) mass is 474 g/mol. The van der Waals surface area contributed by atoms with Crippen molar-refractivity contribution in [2.75, 3.05) is 51.7 Å². The number of aromatic nitrogens is 5. The number of nitrogens with one attached hydrogen (secondary N) is 1. The van der Waals surface area contributed by atoms with E-state index >= 15 is 0 Å². The zero-order valence-corrected chi connectivity index (χ0v) is 21.5. The molecule has 1 aliphatic heterocycles. The molecular weight excluding hydrogens is 440 g/mol. The van der Waals surface area contributed by atoms with Crippen molar-refractivity contribution in [1.29, 1.82) is 0 Å². The number of carbonyl (C=O) groups excluding carboxylic acids is 1. The Balaban J connectivity index is 1.52. The zero-order valence-electron chi connectivity index (χ0n) is 21.5. The third-order valence-corrected chi connectivity index (χ3v) is 7.10. The maximum absolute atomic E-state index is 12.8. The topological polar surface area (TPSA) is 85.7 Å². The molecule has 0 saturated carbocycles. The Bertz CT molecular complexity index is 1400. The number of hydrogen-bond acceptors (Lipinski definition) is 6. The summed E-state index contributed by atoms with van der Waals surface area (Å²) in [5.41, 5.74) is 8.50. The van der Waals surface area contributed by atoms with Crippen LogP contribution >= 0.6 is 0 Å². The van der Waals surface area contributed by atoms with Crippen LogP contribution in [0.3, 0.4) is 0 Å². The Morgan fingerprint density at radius 3 is 2.66 bits per heavy atom. The number of rotatable bonds is 6. The predicted molar refractivity (Wildman–Crippen MR) is 139 cm³/mol. The Hall–Kier alpha value is -3.46. The molecule has 9 nitrogen and oxygen atoms in total. The number of anilines is 1. The minimum atomic E-state index is 0.158. The fourth-order valence-corrected chi connectivity index (χ4v) is 4.94. The summed E-state index contributed by atoms with van der Waals surface area (Å²) in [6.45, 7) is 12.1. The summed E-state index contributed by atoms with van der Waals surface area (Å²) in [5, 5.41) is 4.38. The van der Waals surface area contributed by atoms with Gasteiger partial charge in [0.05, 0.1) is 23.3 Å². The van der Waals surface area contributed by atoms with Gasteiger partial charge in [-0.2, -0.15) is 5.10 Å². The van der Waals surface area contributed by atoms with Crippen LogP contribution in [0.5, 0.6) is 0 Å². The minimum Gasteiger partial charge on any atom is -0.353 e. The normalized spacial score (nSPS) is 14.9. The van der Waals surface area contributed by atoms with Crippen LogP contribution in [0.1, 0.15) is 36.5 Å². The molecular formula is C26H34N8O. The number of nitrogens with zero attached hydrogens (tertiary/aromatic N) is 7. The van der Waals surface area contributed by atoms with Gasteiger partial charge < -0.3 is 19.7 Å². The summed E-state index contributed by atoms with van der Waals surface area (Å²) < 4.78 is 1.84. The highest BCUT2D eigenvalue weighted by atomic mass is 16.2. The molecule has 4 aromatic heterocycles. The van der Waals surface area contributed by atoms with Crippen molar-refractivity contribution >= 4 is 28.4 Å². The van der Waals surface area contributed by atoms with E-state index in [4.69, 9.17) is 4.98 Å². The molecule has 0 spiro atoms. The number of likely N-dealkylation sites (N-methyl/N-ethyl adjacent to an activating group) is 1. The predicted octanol–water partition coefficient (Wildman–Crippen LogP) is 3.22. The molecule has 1 fully saturated rings. The molecule has 1 N–H and O–H groups in total. The molecule has 35 heavy (non-hydrogen) atoms. The third kappa shape index (κ3) is 4.14. The number of hydrogen-bond donors (Lipinski definition) is 1. The molecule has 5 rings (SSSR count). The van der Waals surface area contributed by atoms with Crippen molar-refractivity contribution in [1.82, 2.24) is 34.4 Å². The summed E-state index contributed by atoms with van der Waals surface area (Å²) in [7, 11) is 4.06. The second-order valence-corrected chi connectivity index (χ2v) is 10.1. The van der Waals surface area contributed by atoms with Gasteiger partial charge in [-0.15, -0.1) is 0 Å². The average Bonchev–Trinajstić information content (AvgIpc) is 3.44. The maximum atomic E-state index is 12.8. The molecule has 1 saturated heterocycles. The number of H-pyrrole nitrogens is 1. The van der Waals surface area contributed by atoms with E-state index in [1.807, 2.05) is 35.8 Å². The van der Waals surface area contributed by atoms with E-state index in [1.54, 1.807) is 6.33 Å². The van der Waals surface area contributed by atoms with Gasteiger partial charge in [0, 0.05) is 43.5 Å². The molecule has 0 radical (unpaired) electrons. The Morgan fingerprint density at radius 2 is 1.94 bits per heavy atom. The summed E-state index contributed by atoms with van der Waals surface area (Å²) in [5.74, 6) is 1.27. The van der Waals surface area contributed by atoms with Crippen molar-refractivity contribution in [3.05, 3.63) is 41.3 Å². The quantitative estimate of drug-likeness (QED) is 0.462. The Labute approximate surface area is 205 Å².